The Kier molecular flexibility index (Phi) is 7.01. The van der Waals surface area contributed by atoms with Crippen molar-refractivity contribution in [2.24, 2.45) is 12.5 Å². The molecule has 1 aromatic heterocycles. The second-order valence-corrected chi connectivity index (χ2v) is 9.11. The van der Waals surface area contributed by atoms with Crippen LogP contribution < -0.4 is 4.74 Å². The summed E-state index contributed by atoms with van der Waals surface area (Å²) in [5, 5.41) is 0.594. The monoisotopic (exact) mass is 460 g/mol. The summed E-state index contributed by atoms with van der Waals surface area (Å²) in [6, 6.07) is 7.24. The second kappa shape index (κ2) is 9.92. The quantitative estimate of drug-likeness (QED) is 0.662. The van der Waals surface area contributed by atoms with Crippen LogP contribution in [-0.4, -0.2) is 77.2 Å². The molecule has 0 radical (unpaired) electrons. The number of nitrogens with zero attached hydrogens (tertiary/aromatic N) is 4. The lowest BCUT2D eigenvalue weighted by Gasteiger charge is -2.43. The van der Waals surface area contributed by atoms with Gasteiger partial charge in [-0.25, -0.2) is 4.98 Å². The third-order valence-electron chi connectivity index (χ3n) is 6.10. The van der Waals surface area contributed by atoms with E-state index in [1.807, 2.05) is 24.1 Å². The van der Waals surface area contributed by atoms with Crippen LogP contribution in [0.4, 0.5) is 0 Å². The van der Waals surface area contributed by atoms with Crippen molar-refractivity contribution in [2.75, 3.05) is 46.0 Å². The average Bonchev–Trinajstić information content (AvgIpc) is 3.24. The number of piperidine rings is 1. The maximum Gasteiger partial charge on any atom is 0.274 e. The first-order chi connectivity index (χ1) is 15.4. The first-order valence-electron chi connectivity index (χ1n) is 11.0. The van der Waals surface area contributed by atoms with Gasteiger partial charge in [-0.2, -0.15) is 0 Å². The van der Waals surface area contributed by atoms with Crippen molar-refractivity contribution in [3.05, 3.63) is 47.5 Å². The predicted octanol–water partition coefficient (Wildman–Crippen LogP) is 2.62. The number of benzene rings is 1. The number of aromatic nitrogens is 2. The second-order valence-electron chi connectivity index (χ2n) is 8.67. The molecule has 0 spiro atoms. The molecule has 8 nitrogen and oxygen atoms in total. The molecule has 2 aliphatic heterocycles. The molecule has 0 saturated carbocycles. The third-order valence-corrected chi connectivity index (χ3v) is 6.34. The Hall–Kier alpha value is -2.58. The summed E-state index contributed by atoms with van der Waals surface area (Å²) in [6.07, 6.45) is 5.26. The Morgan fingerprint density at radius 2 is 2.03 bits per heavy atom. The first-order valence-corrected chi connectivity index (χ1v) is 11.3. The van der Waals surface area contributed by atoms with Gasteiger partial charge in [0, 0.05) is 56.3 Å². The van der Waals surface area contributed by atoms with Gasteiger partial charge in [-0.3, -0.25) is 9.59 Å². The van der Waals surface area contributed by atoms with Crippen LogP contribution in [0.25, 0.3) is 0 Å². The summed E-state index contributed by atoms with van der Waals surface area (Å²) in [5.74, 6) is 0.621. The number of hydrogen-bond acceptors (Lipinski definition) is 5. The number of amides is 2. The van der Waals surface area contributed by atoms with Gasteiger partial charge in [0.25, 0.3) is 5.91 Å². The van der Waals surface area contributed by atoms with Crippen molar-refractivity contribution in [1.82, 2.24) is 19.4 Å². The standard InChI is InChI=1S/C23H29ClN4O4/c1-26-14-20(25-17-26)22(30)28-7-3-6-23(15-28,13-21(29)27-8-10-31-11-9-27)16-32-19-5-2-4-18(24)12-19/h2,4-5,12,14,17H,3,6-11,13,15-16H2,1H3/t23-/m0/s1. The fourth-order valence-electron chi connectivity index (χ4n) is 4.42. The van der Waals surface area contributed by atoms with Crippen molar-refractivity contribution < 1.29 is 19.1 Å². The number of halogens is 1. The number of ether oxygens (including phenoxy) is 2. The number of carbonyl (C=O) groups is 2. The van der Waals surface area contributed by atoms with Gasteiger partial charge in [-0.1, -0.05) is 17.7 Å². The van der Waals surface area contributed by atoms with Gasteiger partial charge in [-0.05, 0) is 31.0 Å². The zero-order valence-electron chi connectivity index (χ0n) is 18.3. The number of rotatable bonds is 6. The van der Waals surface area contributed by atoms with Gasteiger partial charge < -0.3 is 23.8 Å². The van der Waals surface area contributed by atoms with Crippen LogP contribution in [0, 0.1) is 5.41 Å². The summed E-state index contributed by atoms with van der Waals surface area (Å²) in [6.45, 7) is 3.72. The molecular formula is C23H29ClN4O4. The molecular weight excluding hydrogens is 432 g/mol. The Morgan fingerprint density at radius 3 is 2.75 bits per heavy atom. The molecule has 0 unspecified atom stereocenters. The molecule has 2 aliphatic rings. The van der Waals surface area contributed by atoms with E-state index >= 15 is 0 Å². The molecule has 9 heteroatoms. The van der Waals surface area contributed by atoms with E-state index in [-0.39, 0.29) is 11.8 Å². The van der Waals surface area contributed by atoms with Gasteiger partial charge in [0.05, 0.1) is 26.1 Å². The van der Waals surface area contributed by atoms with Crippen LogP contribution >= 0.6 is 11.6 Å². The van der Waals surface area contributed by atoms with Crippen molar-refractivity contribution in [3.8, 4) is 5.75 Å². The minimum Gasteiger partial charge on any atom is -0.493 e. The smallest absolute Gasteiger partial charge is 0.274 e. The molecule has 0 bridgehead atoms. The highest BCUT2D eigenvalue weighted by Gasteiger charge is 2.41. The molecule has 2 fully saturated rings. The largest absolute Gasteiger partial charge is 0.493 e. The molecule has 0 N–H and O–H groups in total. The average molecular weight is 461 g/mol. The molecule has 3 heterocycles. The van der Waals surface area contributed by atoms with Crippen LogP contribution in [0.1, 0.15) is 29.8 Å². The van der Waals surface area contributed by atoms with E-state index in [1.54, 1.807) is 34.1 Å². The number of imidazole rings is 1. The summed E-state index contributed by atoms with van der Waals surface area (Å²) in [4.78, 5) is 34.1. The van der Waals surface area contributed by atoms with E-state index in [0.717, 1.165) is 12.8 Å². The van der Waals surface area contributed by atoms with Gasteiger partial charge in [-0.15, -0.1) is 0 Å². The Morgan fingerprint density at radius 1 is 1.22 bits per heavy atom. The van der Waals surface area contributed by atoms with Gasteiger partial charge in [0.15, 0.2) is 0 Å². The van der Waals surface area contributed by atoms with E-state index in [0.29, 0.717) is 68.9 Å². The van der Waals surface area contributed by atoms with E-state index in [4.69, 9.17) is 21.1 Å². The molecule has 4 rings (SSSR count). The Labute approximate surface area is 193 Å². The number of hydrogen-bond donors (Lipinski definition) is 0. The number of likely N-dealkylation sites (tertiary alicyclic amines) is 1. The van der Waals surface area contributed by atoms with E-state index in [1.165, 1.54) is 0 Å². The molecule has 1 atom stereocenters. The van der Waals surface area contributed by atoms with Crippen molar-refractivity contribution in [1.29, 1.82) is 0 Å². The van der Waals surface area contributed by atoms with Gasteiger partial charge in [0.1, 0.15) is 11.4 Å². The van der Waals surface area contributed by atoms with Crippen LogP contribution in [0.3, 0.4) is 0 Å². The molecule has 2 aromatic rings. The Bertz CT molecular complexity index is 959. The van der Waals surface area contributed by atoms with E-state index in [2.05, 4.69) is 4.98 Å². The summed E-state index contributed by atoms with van der Waals surface area (Å²) in [7, 11) is 1.84. The van der Waals surface area contributed by atoms with Gasteiger partial charge in [0.2, 0.25) is 5.91 Å². The molecule has 172 valence electrons. The highest BCUT2D eigenvalue weighted by atomic mass is 35.5. The van der Waals surface area contributed by atoms with Crippen LogP contribution in [-0.2, 0) is 16.6 Å². The summed E-state index contributed by atoms with van der Waals surface area (Å²) in [5.41, 5.74) is -0.0704. The summed E-state index contributed by atoms with van der Waals surface area (Å²) >= 11 is 6.11. The van der Waals surface area contributed by atoms with Crippen molar-refractivity contribution in [2.45, 2.75) is 19.3 Å². The Balaban J connectivity index is 1.52. The first kappa shape index (κ1) is 22.6. The fourth-order valence-corrected chi connectivity index (χ4v) is 4.60. The maximum absolute atomic E-state index is 13.2. The number of aryl methyl sites for hydroxylation is 1. The zero-order chi connectivity index (χ0) is 22.6. The normalized spacial score (nSPS) is 21.4. The van der Waals surface area contributed by atoms with Crippen LogP contribution in [0.5, 0.6) is 5.75 Å². The maximum atomic E-state index is 13.2. The fraction of sp³-hybridized carbons (Fsp3) is 0.522. The van der Waals surface area contributed by atoms with Crippen molar-refractivity contribution >= 4 is 23.4 Å². The van der Waals surface area contributed by atoms with E-state index < -0.39 is 5.41 Å². The molecule has 2 amide bonds. The molecule has 32 heavy (non-hydrogen) atoms. The van der Waals surface area contributed by atoms with E-state index in [9.17, 15) is 9.59 Å². The van der Waals surface area contributed by atoms with Crippen molar-refractivity contribution in [3.63, 3.8) is 0 Å². The molecule has 0 aliphatic carbocycles. The molecule has 2 saturated heterocycles. The van der Waals surface area contributed by atoms with Crippen LogP contribution in [0.15, 0.2) is 36.8 Å². The molecule has 1 aromatic carbocycles. The lowest BCUT2D eigenvalue weighted by Crippen LogP contribution is -2.52. The number of morpholine rings is 1. The lowest BCUT2D eigenvalue weighted by molar-refractivity contribution is -0.139. The highest BCUT2D eigenvalue weighted by molar-refractivity contribution is 6.30. The zero-order valence-corrected chi connectivity index (χ0v) is 19.1. The minimum atomic E-state index is -0.486. The summed E-state index contributed by atoms with van der Waals surface area (Å²) < 4.78 is 13.3. The van der Waals surface area contributed by atoms with Gasteiger partial charge >= 0.3 is 0 Å². The minimum absolute atomic E-state index is 0.0788. The predicted molar refractivity (Wildman–Crippen MR) is 120 cm³/mol. The van der Waals surface area contributed by atoms with Crippen LogP contribution in [0.2, 0.25) is 5.02 Å². The highest BCUT2D eigenvalue weighted by Crippen LogP contribution is 2.36. The SMILES string of the molecule is Cn1cnc(C(=O)N2CCC[C@](COc3cccc(Cl)c3)(CC(=O)N3CCOCC3)C2)c1. The third kappa shape index (κ3) is 5.42. The number of carbonyl (C=O) groups excluding carboxylic acids is 2. The topological polar surface area (TPSA) is 76.9 Å². The lowest BCUT2D eigenvalue weighted by atomic mass is 9.77.